The van der Waals surface area contributed by atoms with E-state index in [0.717, 1.165) is 17.0 Å². The van der Waals surface area contributed by atoms with Crippen molar-refractivity contribution in [2.24, 2.45) is 7.05 Å². The summed E-state index contributed by atoms with van der Waals surface area (Å²) in [6.45, 7) is 6.00. The van der Waals surface area contributed by atoms with Gasteiger partial charge in [0.2, 0.25) is 15.9 Å². The number of aromatic nitrogens is 2. The van der Waals surface area contributed by atoms with Crippen LogP contribution >= 0.6 is 0 Å². The van der Waals surface area contributed by atoms with Crippen LogP contribution in [0.25, 0.3) is 0 Å². The molecule has 0 aromatic carbocycles. The lowest BCUT2D eigenvalue weighted by Crippen LogP contribution is -2.50. The van der Waals surface area contributed by atoms with Crippen molar-refractivity contribution in [1.29, 1.82) is 0 Å². The third-order valence-corrected chi connectivity index (χ3v) is 6.73. The first kappa shape index (κ1) is 18.9. The van der Waals surface area contributed by atoms with Crippen molar-refractivity contribution in [3.8, 4) is 0 Å². The van der Waals surface area contributed by atoms with E-state index in [1.54, 1.807) is 18.8 Å². The van der Waals surface area contributed by atoms with Gasteiger partial charge < -0.3 is 9.64 Å². The van der Waals surface area contributed by atoms with E-state index < -0.39 is 27.2 Å². The van der Waals surface area contributed by atoms with Crippen molar-refractivity contribution >= 4 is 15.9 Å². The topological polar surface area (TPSA) is 84.7 Å². The summed E-state index contributed by atoms with van der Waals surface area (Å²) in [6.07, 6.45) is 0. The zero-order valence-corrected chi connectivity index (χ0v) is 15.9. The Morgan fingerprint density at radius 1 is 1.38 bits per heavy atom. The van der Waals surface area contributed by atoms with Crippen molar-refractivity contribution in [3.63, 3.8) is 0 Å². The number of rotatable bonds is 4. The van der Waals surface area contributed by atoms with E-state index in [0.29, 0.717) is 6.61 Å². The second kappa shape index (κ2) is 6.81. The summed E-state index contributed by atoms with van der Waals surface area (Å²) in [5.74, 6) is -0.431. The molecule has 0 bridgehead atoms. The van der Waals surface area contributed by atoms with Gasteiger partial charge in [-0.05, 0) is 20.8 Å². The molecule has 1 aliphatic rings. The van der Waals surface area contributed by atoms with Crippen LogP contribution in [0.15, 0.2) is 0 Å². The summed E-state index contributed by atoms with van der Waals surface area (Å²) >= 11 is 0. The third-order valence-electron chi connectivity index (χ3n) is 4.54. The Morgan fingerprint density at radius 2 is 2.00 bits per heavy atom. The molecule has 1 aliphatic heterocycles. The van der Waals surface area contributed by atoms with Crippen LogP contribution in [0.4, 0.5) is 0 Å². The van der Waals surface area contributed by atoms with Crippen LogP contribution in [0.1, 0.15) is 29.9 Å². The molecular formula is C15H26N4O4S. The first-order chi connectivity index (χ1) is 11.1. The average Bonchev–Trinajstić information content (AvgIpc) is 2.78. The Labute approximate surface area is 143 Å². The van der Waals surface area contributed by atoms with Crippen LogP contribution < -0.4 is 0 Å². The van der Waals surface area contributed by atoms with Crippen molar-refractivity contribution in [1.82, 2.24) is 19.0 Å². The van der Waals surface area contributed by atoms with Gasteiger partial charge >= 0.3 is 0 Å². The van der Waals surface area contributed by atoms with E-state index in [2.05, 4.69) is 5.10 Å². The minimum atomic E-state index is -3.80. The van der Waals surface area contributed by atoms with Crippen molar-refractivity contribution in [2.45, 2.75) is 32.1 Å². The van der Waals surface area contributed by atoms with Gasteiger partial charge in [0.05, 0.1) is 24.9 Å². The fourth-order valence-corrected chi connectivity index (χ4v) is 4.81. The maximum Gasteiger partial charge on any atom is 0.241 e. The highest BCUT2D eigenvalue weighted by Gasteiger charge is 2.42. The molecule has 1 saturated heterocycles. The molecule has 8 nitrogen and oxygen atoms in total. The zero-order chi connectivity index (χ0) is 18.2. The third kappa shape index (κ3) is 3.20. The quantitative estimate of drug-likeness (QED) is 0.768. The van der Waals surface area contributed by atoms with Crippen LogP contribution in [0.2, 0.25) is 0 Å². The van der Waals surface area contributed by atoms with Gasteiger partial charge in [-0.25, -0.2) is 8.42 Å². The number of morpholine rings is 1. The van der Waals surface area contributed by atoms with E-state index in [4.69, 9.17) is 4.74 Å². The van der Waals surface area contributed by atoms with Gasteiger partial charge in [-0.3, -0.25) is 9.48 Å². The van der Waals surface area contributed by atoms with Gasteiger partial charge in [-0.2, -0.15) is 9.40 Å². The van der Waals surface area contributed by atoms with Gasteiger partial charge in [0.25, 0.3) is 0 Å². The molecule has 2 unspecified atom stereocenters. The molecule has 1 aromatic heterocycles. The van der Waals surface area contributed by atoms with Crippen LogP contribution in [0, 0.1) is 13.8 Å². The van der Waals surface area contributed by atoms with E-state index in [-0.39, 0.29) is 13.2 Å². The van der Waals surface area contributed by atoms with Gasteiger partial charge in [0.15, 0.2) is 5.25 Å². The number of aryl methyl sites for hydroxylation is 2. The Bertz CT molecular complexity index is 726. The Morgan fingerprint density at radius 3 is 2.50 bits per heavy atom. The van der Waals surface area contributed by atoms with E-state index >= 15 is 0 Å². The molecule has 0 N–H and O–H groups in total. The number of carbonyl (C=O) groups excluding carboxylic acids is 1. The lowest BCUT2D eigenvalue weighted by Gasteiger charge is -2.36. The summed E-state index contributed by atoms with van der Waals surface area (Å²) in [4.78, 5) is 13.5. The molecule has 2 atom stereocenters. The van der Waals surface area contributed by atoms with E-state index in [9.17, 15) is 13.2 Å². The Balaban J connectivity index is 2.44. The number of carbonyl (C=O) groups is 1. The maximum absolute atomic E-state index is 13.0. The summed E-state index contributed by atoms with van der Waals surface area (Å²) in [5, 5.41) is 3.24. The molecule has 1 aromatic rings. The van der Waals surface area contributed by atoms with Crippen LogP contribution in [-0.2, 0) is 26.6 Å². The predicted octanol–water partition coefficient (Wildman–Crippen LogP) is 0.217. The molecule has 0 spiro atoms. The zero-order valence-electron chi connectivity index (χ0n) is 15.1. The normalized spacial score (nSPS) is 20.8. The molecule has 2 heterocycles. The maximum atomic E-state index is 13.0. The largest absolute Gasteiger partial charge is 0.378 e. The fourth-order valence-electron chi connectivity index (χ4n) is 3.09. The van der Waals surface area contributed by atoms with Gasteiger partial charge in [-0.1, -0.05) is 0 Å². The SMILES string of the molecule is Cc1nn(C)c(C)c1C1COCCN1S(=O)(=O)C(C)C(=O)N(C)C. The summed E-state index contributed by atoms with van der Waals surface area (Å²) in [7, 11) is 1.14. The summed E-state index contributed by atoms with van der Waals surface area (Å²) in [6, 6.07) is -0.463. The second-order valence-corrected chi connectivity index (χ2v) is 8.54. The molecule has 0 aliphatic carbocycles. The van der Waals surface area contributed by atoms with Crippen molar-refractivity contribution < 1.29 is 17.9 Å². The minimum Gasteiger partial charge on any atom is -0.378 e. The highest BCUT2D eigenvalue weighted by Crippen LogP contribution is 2.32. The number of amides is 1. The first-order valence-corrected chi connectivity index (χ1v) is 9.39. The number of sulfonamides is 1. The number of ether oxygens (including phenoxy) is 1. The molecular weight excluding hydrogens is 332 g/mol. The summed E-state index contributed by atoms with van der Waals surface area (Å²) < 4.78 is 34.7. The van der Waals surface area contributed by atoms with Crippen LogP contribution in [-0.4, -0.2) is 72.4 Å². The lowest BCUT2D eigenvalue weighted by molar-refractivity contribution is -0.128. The van der Waals surface area contributed by atoms with Crippen molar-refractivity contribution in [3.05, 3.63) is 17.0 Å². The molecule has 9 heteroatoms. The Kier molecular flexibility index (Phi) is 5.36. The van der Waals surface area contributed by atoms with E-state index in [1.807, 2.05) is 20.9 Å². The number of hydrogen-bond donors (Lipinski definition) is 0. The minimum absolute atomic E-state index is 0.228. The molecule has 2 rings (SSSR count). The fraction of sp³-hybridized carbons (Fsp3) is 0.733. The van der Waals surface area contributed by atoms with Crippen LogP contribution in [0.3, 0.4) is 0 Å². The van der Waals surface area contributed by atoms with Gasteiger partial charge in [-0.15, -0.1) is 0 Å². The first-order valence-electron chi connectivity index (χ1n) is 7.88. The van der Waals surface area contributed by atoms with Gasteiger partial charge in [0, 0.05) is 38.9 Å². The molecule has 1 fully saturated rings. The molecule has 0 radical (unpaired) electrons. The monoisotopic (exact) mass is 358 g/mol. The average molecular weight is 358 g/mol. The van der Waals surface area contributed by atoms with E-state index in [1.165, 1.54) is 16.1 Å². The summed E-state index contributed by atoms with van der Waals surface area (Å²) in [5.41, 5.74) is 2.53. The van der Waals surface area contributed by atoms with Gasteiger partial charge in [0.1, 0.15) is 0 Å². The van der Waals surface area contributed by atoms with Crippen molar-refractivity contribution in [2.75, 3.05) is 33.9 Å². The number of hydrogen-bond acceptors (Lipinski definition) is 5. The molecule has 0 saturated carbocycles. The Hall–Kier alpha value is -1.45. The smallest absolute Gasteiger partial charge is 0.241 e. The van der Waals surface area contributed by atoms with Crippen LogP contribution in [0.5, 0.6) is 0 Å². The lowest BCUT2D eigenvalue weighted by atomic mass is 10.0. The molecule has 24 heavy (non-hydrogen) atoms. The molecule has 1 amide bonds. The molecule has 136 valence electrons. The predicted molar refractivity (Wildman–Crippen MR) is 90.0 cm³/mol. The highest BCUT2D eigenvalue weighted by molar-refractivity contribution is 7.90. The number of nitrogens with zero attached hydrogens (tertiary/aromatic N) is 4. The standard InChI is InChI=1S/C15H26N4O4S/c1-10-14(11(2)18(6)16-10)13-9-23-8-7-19(13)24(21,22)12(3)15(20)17(4)5/h12-13H,7-9H2,1-6H3. The second-order valence-electron chi connectivity index (χ2n) is 6.33. The highest BCUT2D eigenvalue weighted by atomic mass is 32.2.